The van der Waals surface area contributed by atoms with E-state index in [-0.39, 0.29) is 0 Å². The molecule has 0 radical (unpaired) electrons. The molecule has 2 aromatic carbocycles. The Morgan fingerprint density at radius 1 is 1.08 bits per heavy atom. The van der Waals surface area contributed by atoms with Crippen molar-refractivity contribution in [2.75, 3.05) is 19.7 Å². The van der Waals surface area contributed by atoms with E-state index in [2.05, 4.69) is 47.4 Å². The Morgan fingerprint density at radius 3 is 2.67 bits per heavy atom. The summed E-state index contributed by atoms with van der Waals surface area (Å²) in [4.78, 5) is 2.46. The highest BCUT2D eigenvalue weighted by Crippen LogP contribution is 2.16. The first-order valence-electron chi connectivity index (χ1n) is 8.70. The van der Waals surface area contributed by atoms with E-state index in [9.17, 15) is 0 Å². The fourth-order valence-electron chi connectivity index (χ4n) is 3.24. The van der Waals surface area contributed by atoms with E-state index in [0.29, 0.717) is 6.10 Å². The molecule has 1 saturated heterocycles. The Morgan fingerprint density at radius 2 is 1.92 bits per heavy atom. The molecule has 24 heavy (non-hydrogen) atoms. The smallest absolute Gasteiger partial charge is 0.0991 e. The average Bonchev–Trinajstić information content (AvgIpc) is 3.14. The third-order valence-corrected chi connectivity index (χ3v) is 4.51. The minimum atomic E-state index is 0.347. The maximum absolute atomic E-state index is 9.09. The number of nitriles is 1. The standard InChI is InChI=1S/C21H24N2O/c22-15-19-8-4-9-20(14-19)16-23(17-21-10-5-13-24-21)12-11-18-6-2-1-3-7-18/h1-4,6-9,14,21H,5,10-13,16-17H2. The first kappa shape index (κ1) is 16.7. The van der Waals surface area contributed by atoms with Gasteiger partial charge in [-0.3, -0.25) is 4.90 Å². The number of hydrogen-bond acceptors (Lipinski definition) is 3. The Labute approximate surface area is 144 Å². The van der Waals surface area contributed by atoms with Crippen LogP contribution in [0.5, 0.6) is 0 Å². The highest BCUT2D eigenvalue weighted by Gasteiger charge is 2.19. The predicted molar refractivity (Wildman–Crippen MR) is 95.6 cm³/mol. The van der Waals surface area contributed by atoms with Gasteiger partial charge in [-0.05, 0) is 42.5 Å². The molecule has 2 aromatic rings. The molecule has 1 heterocycles. The molecule has 0 bridgehead atoms. The van der Waals surface area contributed by atoms with Gasteiger partial charge in [0.2, 0.25) is 0 Å². The summed E-state index contributed by atoms with van der Waals surface area (Å²) in [5.41, 5.74) is 3.29. The van der Waals surface area contributed by atoms with E-state index >= 15 is 0 Å². The molecule has 1 aliphatic rings. The van der Waals surface area contributed by atoms with Crippen LogP contribution in [-0.4, -0.2) is 30.7 Å². The lowest BCUT2D eigenvalue weighted by atomic mass is 10.1. The molecule has 1 fully saturated rings. The number of hydrogen-bond donors (Lipinski definition) is 0. The van der Waals surface area contributed by atoms with Crippen LogP contribution in [0.4, 0.5) is 0 Å². The van der Waals surface area contributed by atoms with Crippen LogP contribution in [-0.2, 0) is 17.7 Å². The van der Waals surface area contributed by atoms with Crippen molar-refractivity contribution < 1.29 is 4.74 Å². The van der Waals surface area contributed by atoms with E-state index in [1.807, 2.05) is 18.2 Å². The molecule has 0 saturated carbocycles. The number of rotatable bonds is 7. The summed E-state index contributed by atoms with van der Waals surface area (Å²) in [6, 6.07) is 20.8. The van der Waals surface area contributed by atoms with Crippen LogP contribution >= 0.6 is 0 Å². The van der Waals surface area contributed by atoms with Gasteiger partial charge in [0, 0.05) is 26.2 Å². The summed E-state index contributed by atoms with van der Waals surface area (Å²) in [7, 11) is 0. The second kappa shape index (κ2) is 8.63. The number of nitrogens with zero attached hydrogens (tertiary/aromatic N) is 2. The van der Waals surface area contributed by atoms with Gasteiger partial charge in [-0.25, -0.2) is 0 Å². The summed E-state index contributed by atoms with van der Waals surface area (Å²) in [5, 5.41) is 9.09. The van der Waals surface area contributed by atoms with Crippen LogP contribution < -0.4 is 0 Å². The molecule has 0 amide bonds. The zero-order valence-electron chi connectivity index (χ0n) is 14.0. The fourth-order valence-corrected chi connectivity index (χ4v) is 3.24. The minimum absolute atomic E-state index is 0.347. The average molecular weight is 320 g/mol. The second-order valence-corrected chi connectivity index (χ2v) is 6.42. The zero-order valence-corrected chi connectivity index (χ0v) is 14.0. The SMILES string of the molecule is N#Cc1cccc(CN(CCc2ccccc2)CC2CCCO2)c1. The molecule has 0 spiro atoms. The zero-order chi connectivity index (χ0) is 16.6. The molecule has 1 unspecified atom stereocenters. The predicted octanol–water partition coefficient (Wildman–Crippen LogP) is 3.78. The Bertz CT molecular complexity index is 672. The monoisotopic (exact) mass is 320 g/mol. The number of ether oxygens (including phenoxy) is 1. The normalized spacial score (nSPS) is 17.1. The van der Waals surface area contributed by atoms with Crippen molar-refractivity contribution in [3.05, 3.63) is 71.3 Å². The quantitative estimate of drug-likeness (QED) is 0.779. The first-order chi connectivity index (χ1) is 11.8. The lowest BCUT2D eigenvalue weighted by Crippen LogP contribution is -2.33. The molecular formula is C21H24N2O. The highest BCUT2D eigenvalue weighted by atomic mass is 16.5. The van der Waals surface area contributed by atoms with Crippen molar-refractivity contribution in [1.82, 2.24) is 4.90 Å². The van der Waals surface area contributed by atoms with Crippen LogP contribution in [0.15, 0.2) is 54.6 Å². The van der Waals surface area contributed by atoms with Gasteiger partial charge in [0.25, 0.3) is 0 Å². The molecule has 3 nitrogen and oxygen atoms in total. The molecule has 3 heteroatoms. The van der Waals surface area contributed by atoms with Gasteiger partial charge in [0.05, 0.1) is 17.7 Å². The van der Waals surface area contributed by atoms with Gasteiger partial charge >= 0.3 is 0 Å². The number of benzene rings is 2. The van der Waals surface area contributed by atoms with E-state index in [1.165, 1.54) is 17.5 Å². The molecule has 3 rings (SSSR count). The lowest BCUT2D eigenvalue weighted by Gasteiger charge is -2.25. The first-order valence-corrected chi connectivity index (χ1v) is 8.70. The summed E-state index contributed by atoms with van der Waals surface area (Å²) in [6.45, 7) is 3.72. The Hall–Kier alpha value is -2.15. The summed E-state index contributed by atoms with van der Waals surface area (Å²) >= 11 is 0. The van der Waals surface area contributed by atoms with Gasteiger partial charge in [-0.15, -0.1) is 0 Å². The Kier molecular flexibility index (Phi) is 6.01. The van der Waals surface area contributed by atoms with Crippen molar-refractivity contribution in [3.8, 4) is 6.07 Å². The summed E-state index contributed by atoms with van der Waals surface area (Å²) < 4.78 is 5.82. The lowest BCUT2D eigenvalue weighted by molar-refractivity contribution is 0.0709. The maximum Gasteiger partial charge on any atom is 0.0991 e. The van der Waals surface area contributed by atoms with E-state index < -0.39 is 0 Å². The van der Waals surface area contributed by atoms with E-state index in [0.717, 1.165) is 44.6 Å². The third kappa shape index (κ3) is 4.92. The molecule has 0 aromatic heterocycles. The van der Waals surface area contributed by atoms with Gasteiger partial charge in [-0.2, -0.15) is 5.26 Å². The molecule has 0 aliphatic carbocycles. The van der Waals surface area contributed by atoms with Gasteiger partial charge < -0.3 is 4.74 Å². The van der Waals surface area contributed by atoms with Crippen molar-refractivity contribution >= 4 is 0 Å². The van der Waals surface area contributed by atoms with Gasteiger partial charge in [0.15, 0.2) is 0 Å². The molecule has 1 atom stereocenters. The highest BCUT2D eigenvalue weighted by molar-refractivity contribution is 5.32. The van der Waals surface area contributed by atoms with Crippen molar-refractivity contribution in [2.24, 2.45) is 0 Å². The van der Waals surface area contributed by atoms with Crippen LogP contribution in [0.2, 0.25) is 0 Å². The van der Waals surface area contributed by atoms with E-state index in [4.69, 9.17) is 10.00 Å². The largest absolute Gasteiger partial charge is 0.377 e. The third-order valence-electron chi connectivity index (χ3n) is 4.51. The van der Waals surface area contributed by atoms with Crippen molar-refractivity contribution in [3.63, 3.8) is 0 Å². The molecule has 0 N–H and O–H groups in total. The second-order valence-electron chi connectivity index (χ2n) is 6.42. The van der Waals surface area contributed by atoms with Crippen LogP contribution in [0, 0.1) is 11.3 Å². The molecular weight excluding hydrogens is 296 g/mol. The summed E-state index contributed by atoms with van der Waals surface area (Å²) in [6.07, 6.45) is 3.70. The Balaban J connectivity index is 1.65. The van der Waals surface area contributed by atoms with E-state index in [1.54, 1.807) is 0 Å². The minimum Gasteiger partial charge on any atom is -0.377 e. The maximum atomic E-state index is 9.09. The topological polar surface area (TPSA) is 36.3 Å². The van der Waals surface area contributed by atoms with Gasteiger partial charge in [-0.1, -0.05) is 42.5 Å². The van der Waals surface area contributed by atoms with Crippen molar-refractivity contribution in [1.29, 1.82) is 5.26 Å². The van der Waals surface area contributed by atoms with Crippen LogP contribution in [0.25, 0.3) is 0 Å². The summed E-state index contributed by atoms with van der Waals surface area (Å²) in [5.74, 6) is 0. The van der Waals surface area contributed by atoms with Crippen LogP contribution in [0.3, 0.4) is 0 Å². The van der Waals surface area contributed by atoms with Gasteiger partial charge in [0.1, 0.15) is 0 Å². The van der Waals surface area contributed by atoms with Crippen LogP contribution in [0.1, 0.15) is 29.5 Å². The molecule has 124 valence electrons. The molecule has 1 aliphatic heterocycles. The fraction of sp³-hybridized carbons (Fsp3) is 0.381. The van der Waals surface area contributed by atoms with Crippen molar-refractivity contribution in [2.45, 2.75) is 31.9 Å².